The number of hydrogen-bond donors (Lipinski definition) is 1. The zero-order valence-corrected chi connectivity index (χ0v) is 15.2. The lowest BCUT2D eigenvalue weighted by atomic mass is 10.00. The Morgan fingerprint density at radius 3 is 2.57 bits per heavy atom. The molecule has 1 N–H and O–H groups in total. The summed E-state index contributed by atoms with van der Waals surface area (Å²) >= 11 is 0. The highest BCUT2D eigenvalue weighted by Gasteiger charge is 2.30. The maximum absolute atomic E-state index is 12.8. The molecule has 1 heterocycles. The smallest absolute Gasteiger partial charge is 0.243 e. The molecule has 0 amide bonds. The lowest BCUT2D eigenvalue weighted by molar-refractivity contribution is 0.263. The van der Waals surface area contributed by atoms with E-state index in [2.05, 4.69) is 5.32 Å². The quantitative estimate of drug-likeness (QED) is 0.821. The molecule has 1 atom stereocenters. The number of hydrogen-bond acceptors (Lipinski definition) is 5. The van der Waals surface area contributed by atoms with E-state index in [9.17, 15) is 16.8 Å². The van der Waals surface area contributed by atoms with E-state index in [0.717, 1.165) is 19.4 Å². The summed E-state index contributed by atoms with van der Waals surface area (Å²) in [4.78, 5) is 0.113. The SMILES string of the molecule is CCS(=O)(=O)c1cccc(S(=O)(=O)N2CCC[C@H](CNC)C2)c1. The van der Waals surface area contributed by atoms with Gasteiger partial charge in [0.2, 0.25) is 10.0 Å². The fourth-order valence-corrected chi connectivity index (χ4v) is 5.45. The second-order valence-corrected chi connectivity index (χ2v) is 10.0. The highest BCUT2D eigenvalue weighted by molar-refractivity contribution is 7.91. The number of sulfone groups is 1. The van der Waals surface area contributed by atoms with E-state index in [1.54, 1.807) is 6.92 Å². The highest BCUT2D eigenvalue weighted by atomic mass is 32.2. The van der Waals surface area contributed by atoms with Gasteiger partial charge in [-0.15, -0.1) is 0 Å². The minimum Gasteiger partial charge on any atom is -0.319 e. The first-order valence-electron chi connectivity index (χ1n) is 7.79. The Bertz CT molecular complexity index is 742. The molecule has 0 aliphatic carbocycles. The molecular formula is C15H24N2O4S2. The number of rotatable bonds is 6. The summed E-state index contributed by atoms with van der Waals surface area (Å²) in [6.07, 6.45) is 1.82. The van der Waals surface area contributed by atoms with E-state index in [1.165, 1.54) is 28.6 Å². The maximum Gasteiger partial charge on any atom is 0.243 e. The van der Waals surface area contributed by atoms with Crippen LogP contribution in [0.2, 0.25) is 0 Å². The molecular weight excluding hydrogens is 336 g/mol. The molecule has 1 aromatic rings. The molecule has 1 fully saturated rings. The first-order valence-corrected chi connectivity index (χ1v) is 10.9. The topological polar surface area (TPSA) is 83.5 Å². The van der Waals surface area contributed by atoms with Crippen LogP contribution in [0.1, 0.15) is 19.8 Å². The summed E-state index contributed by atoms with van der Waals surface area (Å²) in [5, 5.41) is 3.08. The maximum atomic E-state index is 12.8. The van der Waals surface area contributed by atoms with Gasteiger partial charge < -0.3 is 5.32 Å². The van der Waals surface area contributed by atoms with Crippen LogP contribution in [0.4, 0.5) is 0 Å². The molecule has 0 saturated carbocycles. The monoisotopic (exact) mass is 360 g/mol. The molecule has 0 unspecified atom stereocenters. The van der Waals surface area contributed by atoms with Gasteiger partial charge in [-0.2, -0.15) is 4.31 Å². The molecule has 0 spiro atoms. The minimum atomic E-state index is -3.66. The van der Waals surface area contributed by atoms with Crippen LogP contribution in [0.25, 0.3) is 0 Å². The Morgan fingerprint density at radius 2 is 1.91 bits per heavy atom. The van der Waals surface area contributed by atoms with Crippen LogP contribution >= 0.6 is 0 Å². The third kappa shape index (κ3) is 4.12. The van der Waals surface area contributed by atoms with Gasteiger partial charge in [0.25, 0.3) is 0 Å². The third-order valence-corrected chi connectivity index (χ3v) is 7.75. The van der Waals surface area contributed by atoms with Crippen molar-refractivity contribution in [1.82, 2.24) is 9.62 Å². The van der Waals surface area contributed by atoms with Crippen LogP contribution in [0, 0.1) is 5.92 Å². The number of nitrogens with one attached hydrogen (secondary N) is 1. The predicted molar refractivity (Wildman–Crippen MR) is 89.6 cm³/mol. The van der Waals surface area contributed by atoms with Crippen molar-refractivity contribution in [2.24, 2.45) is 5.92 Å². The van der Waals surface area contributed by atoms with Crippen LogP contribution in [-0.4, -0.2) is 53.6 Å². The van der Waals surface area contributed by atoms with Crippen molar-refractivity contribution in [1.29, 1.82) is 0 Å². The zero-order chi connectivity index (χ0) is 17.1. The summed E-state index contributed by atoms with van der Waals surface area (Å²) in [6, 6.07) is 5.67. The molecule has 8 heteroatoms. The van der Waals surface area contributed by atoms with Crippen molar-refractivity contribution < 1.29 is 16.8 Å². The second-order valence-electron chi connectivity index (χ2n) is 5.81. The summed E-state index contributed by atoms with van der Waals surface area (Å²) in [7, 11) is -5.23. The molecule has 0 bridgehead atoms. The number of sulfonamides is 1. The third-order valence-electron chi connectivity index (χ3n) is 4.16. The van der Waals surface area contributed by atoms with Crippen molar-refractivity contribution in [2.45, 2.75) is 29.6 Å². The molecule has 1 aliphatic rings. The van der Waals surface area contributed by atoms with Gasteiger partial charge in [-0.3, -0.25) is 0 Å². The standard InChI is InChI=1S/C15H24N2O4S2/c1-3-22(18,19)14-7-4-8-15(10-14)23(20,21)17-9-5-6-13(12-17)11-16-2/h4,7-8,10,13,16H,3,5-6,9,11-12H2,1-2H3/t13-/m1/s1. The van der Waals surface area contributed by atoms with Crippen molar-refractivity contribution in [3.63, 3.8) is 0 Å². The van der Waals surface area contributed by atoms with Crippen molar-refractivity contribution >= 4 is 19.9 Å². The van der Waals surface area contributed by atoms with Gasteiger partial charge in [0.1, 0.15) is 0 Å². The van der Waals surface area contributed by atoms with Crippen LogP contribution < -0.4 is 5.32 Å². The first kappa shape index (κ1) is 18.4. The van der Waals surface area contributed by atoms with E-state index in [0.29, 0.717) is 13.1 Å². The molecule has 23 heavy (non-hydrogen) atoms. The Balaban J connectivity index is 2.31. The van der Waals surface area contributed by atoms with Gasteiger partial charge in [0.05, 0.1) is 15.5 Å². The van der Waals surface area contributed by atoms with Crippen molar-refractivity contribution in [3.05, 3.63) is 24.3 Å². The van der Waals surface area contributed by atoms with Crippen LogP contribution in [0.15, 0.2) is 34.1 Å². The lowest BCUT2D eigenvalue weighted by Gasteiger charge is -2.31. The normalized spacial score (nSPS) is 20.5. The van der Waals surface area contributed by atoms with Crippen LogP contribution in [-0.2, 0) is 19.9 Å². The van der Waals surface area contributed by atoms with Gasteiger partial charge in [-0.25, -0.2) is 16.8 Å². The fraction of sp³-hybridized carbons (Fsp3) is 0.600. The van der Waals surface area contributed by atoms with E-state index in [1.807, 2.05) is 7.05 Å². The van der Waals surface area contributed by atoms with Gasteiger partial charge in [0.15, 0.2) is 9.84 Å². The summed E-state index contributed by atoms with van der Waals surface area (Å²) in [6.45, 7) is 3.26. The van der Waals surface area contributed by atoms with E-state index >= 15 is 0 Å². The largest absolute Gasteiger partial charge is 0.319 e. The van der Waals surface area contributed by atoms with E-state index in [4.69, 9.17) is 0 Å². The average Bonchev–Trinajstić information content (AvgIpc) is 2.55. The molecule has 130 valence electrons. The average molecular weight is 361 g/mol. The highest BCUT2D eigenvalue weighted by Crippen LogP contribution is 2.25. The van der Waals surface area contributed by atoms with Gasteiger partial charge >= 0.3 is 0 Å². The molecule has 0 radical (unpaired) electrons. The minimum absolute atomic E-state index is 0.0511. The van der Waals surface area contributed by atoms with Gasteiger partial charge in [0, 0.05) is 13.1 Å². The molecule has 1 aliphatic heterocycles. The molecule has 1 aromatic carbocycles. The molecule has 6 nitrogen and oxygen atoms in total. The predicted octanol–water partition coefficient (Wildman–Crippen LogP) is 1.10. The number of piperidine rings is 1. The molecule has 1 saturated heterocycles. The summed E-state index contributed by atoms with van der Waals surface area (Å²) in [5.41, 5.74) is 0. The van der Waals surface area contributed by atoms with Crippen molar-refractivity contribution in [3.8, 4) is 0 Å². The number of nitrogens with zero attached hydrogens (tertiary/aromatic N) is 1. The Labute approximate surface area is 138 Å². The van der Waals surface area contributed by atoms with E-state index < -0.39 is 19.9 Å². The van der Waals surface area contributed by atoms with Crippen molar-refractivity contribution in [2.75, 3.05) is 32.4 Å². The summed E-state index contributed by atoms with van der Waals surface area (Å²) < 4.78 is 51.1. The number of benzene rings is 1. The fourth-order valence-electron chi connectivity index (χ4n) is 2.84. The Hall–Kier alpha value is -0.960. The first-order chi connectivity index (χ1) is 10.8. The van der Waals surface area contributed by atoms with Crippen LogP contribution in [0.3, 0.4) is 0 Å². The van der Waals surface area contributed by atoms with Gasteiger partial charge in [-0.1, -0.05) is 13.0 Å². The Morgan fingerprint density at radius 1 is 1.22 bits per heavy atom. The van der Waals surface area contributed by atoms with E-state index in [-0.39, 0.29) is 21.5 Å². The molecule has 2 rings (SSSR count). The lowest BCUT2D eigenvalue weighted by Crippen LogP contribution is -2.42. The second kappa shape index (κ2) is 7.29. The van der Waals surface area contributed by atoms with Gasteiger partial charge in [-0.05, 0) is 50.6 Å². The zero-order valence-electron chi connectivity index (χ0n) is 13.5. The van der Waals surface area contributed by atoms with Crippen LogP contribution in [0.5, 0.6) is 0 Å². The Kier molecular flexibility index (Phi) is 5.83. The summed E-state index contributed by atoms with van der Waals surface area (Å²) in [5.74, 6) is 0.232. The molecule has 0 aromatic heterocycles.